The third-order valence-electron chi connectivity index (χ3n) is 6.18. The summed E-state index contributed by atoms with van der Waals surface area (Å²) in [6, 6.07) is 5.22. The van der Waals surface area contributed by atoms with Gasteiger partial charge in [0.15, 0.2) is 5.58 Å². The maximum atomic E-state index is 13.2. The molecule has 3 aliphatic heterocycles. The number of ether oxygens (including phenoxy) is 1. The number of carbonyl (C=O) groups excluding carboxylic acids is 2. The number of imide groups is 1. The van der Waals surface area contributed by atoms with Gasteiger partial charge in [-0.05, 0) is 51.8 Å². The second kappa shape index (κ2) is 4.46. The Kier molecular flexibility index (Phi) is 2.75. The van der Waals surface area contributed by atoms with Gasteiger partial charge >= 0.3 is 0 Å². The maximum absolute atomic E-state index is 13.2. The van der Waals surface area contributed by atoms with E-state index in [0.717, 1.165) is 12.8 Å². The minimum atomic E-state index is -0.557. The molecule has 2 aromatic rings. The van der Waals surface area contributed by atoms with Crippen molar-refractivity contribution >= 4 is 40.1 Å². The highest BCUT2D eigenvalue weighted by molar-refractivity contribution is 6.36. The van der Waals surface area contributed by atoms with Gasteiger partial charge in [-0.15, -0.1) is 0 Å². The smallest absolute Gasteiger partial charge is 0.240 e. The molecule has 6 heteroatoms. The second-order valence-corrected chi connectivity index (χ2v) is 8.27. The van der Waals surface area contributed by atoms with Crippen molar-refractivity contribution in [1.82, 2.24) is 0 Å². The summed E-state index contributed by atoms with van der Waals surface area (Å²) in [6.45, 7) is 5.73. The van der Waals surface area contributed by atoms with Gasteiger partial charge in [0, 0.05) is 5.39 Å². The Morgan fingerprint density at radius 1 is 1.12 bits per heavy atom. The fourth-order valence-corrected chi connectivity index (χ4v) is 5.30. The summed E-state index contributed by atoms with van der Waals surface area (Å²) in [6.07, 6.45) is 1.61. The summed E-state index contributed by atoms with van der Waals surface area (Å²) in [4.78, 5) is 27.8. The molecule has 3 aliphatic rings. The van der Waals surface area contributed by atoms with Gasteiger partial charge in [-0.1, -0.05) is 11.6 Å². The van der Waals surface area contributed by atoms with Gasteiger partial charge in [0.25, 0.3) is 0 Å². The molecular weight excluding hydrogens is 342 g/mol. The largest absolute Gasteiger partial charge is 0.460 e. The van der Waals surface area contributed by atoms with Gasteiger partial charge in [0.2, 0.25) is 11.8 Å². The van der Waals surface area contributed by atoms with E-state index in [1.165, 1.54) is 4.90 Å². The molecule has 0 saturated carbocycles. The van der Waals surface area contributed by atoms with Crippen molar-refractivity contribution in [2.24, 2.45) is 11.8 Å². The monoisotopic (exact) mass is 359 g/mol. The predicted octanol–water partition coefficient (Wildman–Crippen LogP) is 3.84. The molecule has 5 rings (SSSR count). The number of aryl methyl sites for hydroxylation is 1. The molecule has 2 amide bonds. The molecule has 0 radical (unpaired) electrons. The molecule has 2 bridgehead atoms. The quantitative estimate of drug-likeness (QED) is 0.726. The summed E-state index contributed by atoms with van der Waals surface area (Å²) in [5.41, 5.74) is -0.0597. The number of benzene rings is 1. The zero-order chi connectivity index (χ0) is 17.7. The minimum absolute atomic E-state index is 0.177. The predicted molar refractivity (Wildman–Crippen MR) is 92.6 cm³/mol. The van der Waals surface area contributed by atoms with E-state index in [1.807, 2.05) is 26.8 Å². The van der Waals surface area contributed by atoms with Crippen LogP contribution >= 0.6 is 11.6 Å². The van der Waals surface area contributed by atoms with Crippen molar-refractivity contribution in [1.29, 1.82) is 0 Å². The van der Waals surface area contributed by atoms with Crippen LogP contribution < -0.4 is 4.90 Å². The summed E-state index contributed by atoms with van der Waals surface area (Å²) in [5.74, 6) is -0.507. The number of hydrogen-bond donors (Lipinski definition) is 0. The van der Waals surface area contributed by atoms with Crippen LogP contribution in [0.15, 0.2) is 22.6 Å². The van der Waals surface area contributed by atoms with Gasteiger partial charge in [-0.2, -0.15) is 0 Å². The van der Waals surface area contributed by atoms with Crippen LogP contribution in [0.3, 0.4) is 0 Å². The summed E-state index contributed by atoms with van der Waals surface area (Å²) in [7, 11) is 0. The van der Waals surface area contributed by atoms with E-state index in [4.69, 9.17) is 20.8 Å². The third kappa shape index (κ3) is 1.73. The van der Waals surface area contributed by atoms with Gasteiger partial charge < -0.3 is 9.15 Å². The zero-order valence-corrected chi connectivity index (χ0v) is 15.0. The highest BCUT2D eigenvalue weighted by atomic mass is 35.5. The molecule has 0 spiro atoms. The molecule has 130 valence electrons. The molecule has 1 aromatic carbocycles. The first kappa shape index (κ1) is 15.4. The summed E-state index contributed by atoms with van der Waals surface area (Å²) in [5, 5.41) is 1.16. The van der Waals surface area contributed by atoms with Gasteiger partial charge in [0.1, 0.15) is 5.76 Å². The minimum Gasteiger partial charge on any atom is -0.460 e. The van der Waals surface area contributed by atoms with E-state index in [0.29, 0.717) is 27.4 Å². The molecule has 3 fully saturated rings. The number of halogens is 1. The van der Waals surface area contributed by atoms with Crippen molar-refractivity contribution < 1.29 is 18.7 Å². The molecule has 1 aromatic heterocycles. The summed E-state index contributed by atoms with van der Waals surface area (Å²) < 4.78 is 11.8. The Morgan fingerprint density at radius 2 is 1.72 bits per heavy atom. The van der Waals surface area contributed by atoms with E-state index in [9.17, 15) is 9.59 Å². The van der Waals surface area contributed by atoms with Crippen LogP contribution in [0.5, 0.6) is 0 Å². The van der Waals surface area contributed by atoms with E-state index < -0.39 is 23.0 Å². The van der Waals surface area contributed by atoms with Crippen LogP contribution in [-0.4, -0.2) is 23.0 Å². The Labute approximate surface area is 149 Å². The lowest BCUT2D eigenvalue weighted by molar-refractivity contribution is -0.129. The lowest BCUT2D eigenvalue weighted by Gasteiger charge is -2.27. The molecule has 4 unspecified atom stereocenters. The fourth-order valence-electron chi connectivity index (χ4n) is 5.10. The molecule has 4 atom stereocenters. The van der Waals surface area contributed by atoms with Crippen LogP contribution in [0.25, 0.3) is 11.0 Å². The summed E-state index contributed by atoms with van der Waals surface area (Å²) >= 11 is 6.22. The van der Waals surface area contributed by atoms with Crippen LogP contribution in [0.2, 0.25) is 5.02 Å². The normalized spacial score (nSPS) is 36.7. The highest BCUT2D eigenvalue weighted by Gasteiger charge is 2.72. The Balaban J connectivity index is 1.69. The first-order valence-corrected chi connectivity index (χ1v) is 8.90. The molecule has 0 N–H and O–H groups in total. The van der Waals surface area contributed by atoms with Gasteiger partial charge in [-0.3, -0.25) is 9.59 Å². The lowest BCUT2D eigenvalue weighted by Crippen LogP contribution is -2.40. The van der Waals surface area contributed by atoms with E-state index in [2.05, 4.69) is 0 Å². The molecule has 0 aliphatic carbocycles. The number of hydrogen-bond acceptors (Lipinski definition) is 4. The lowest BCUT2D eigenvalue weighted by atomic mass is 9.69. The molecule has 25 heavy (non-hydrogen) atoms. The van der Waals surface area contributed by atoms with Crippen molar-refractivity contribution in [2.45, 2.75) is 44.8 Å². The molecular formula is C19H18ClNO4. The van der Waals surface area contributed by atoms with Crippen LogP contribution in [0.1, 0.15) is 32.4 Å². The van der Waals surface area contributed by atoms with Crippen molar-refractivity contribution in [3.63, 3.8) is 0 Å². The van der Waals surface area contributed by atoms with E-state index >= 15 is 0 Å². The Hall–Kier alpha value is -1.85. The van der Waals surface area contributed by atoms with Crippen LogP contribution in [0.4, 0.5) is 5.69 Å². The number of amides is 2. The standard InChI is InChI=1S/C19H18ClNO4/c1-9-8-10-12(5-4-11(20)15(10)24-9)21-16(22)13-14(17(21)23)19(3)7-6-18(13,2)25-19/h4-5,8,13-14H,6-7H2,1-3H3. The molecule has 5 nitrogen and oxygen atoms in total. The second-order valence-electron chi connectivity index (χ2n) is 7.86. The number of fused-ring (bicyclic) bond motifs is 6. The number of furan rings is 1. The fraction of sp³-hybridized carbons (Fsp3) is 0.474. The SMILES string of the molecule is Cc1cc2c(N3C(=O)C4C(C3=O)C3(C)CCC4(C)O3)ccc(Cl)c2o1. The van der Waals surface area contributed by atoms with Crippen LogP contribution in [-0.2, 0) is 14.3 Å². The number of carbonyl (C=O) groups is 2. The maximum Gasteiger partial charge on any atom is 0.240 e. The van der Waals surface area contributed by atoms with Gasteiger partial charge in [-0.25, -0.2) is 4.90 Å². The first-order valence-electron chi connectivity index (χ1n) is 8.52. The zero-order valence-electron chi connectivity index (χ0n) is 14.3. The van der Waals surface area contributed by atoms with Crippen LogP contribution in [0, 0.1) is 18.8 Å². The molecule has 3 saturated heterocycles. The van der Waals surface area contributed by atoms with Gasteiger partial charge in [0.05, 0.1) is 33.7 Å². The van der Waals surface area contributed by atoms with Crippen molar-refractivity contribution in [3.05, 3.63) is 29.0 Å². The highest BCUT2D eigenvalue weighted by Crippen LogP contribution is 2.61. The average Bonchev–Trinajstić information content (AvgIpc) is 3.21. The number of anilines is 1. The third-order valence-corrected chi connectivity index (χ3v) is 6.48. The van der Waals surface area contributed by atoms with E-state index in [-0.39, 0.29) is 11.8 Å². The average molecular weight is 360 g/mol. The van der Waals surface area contributed by atoms with Crippen molar-refractivity contribution in [2.75, 3.05) is 4.90 Å². The first-order chi connectivity index (χ1) is 11.8. The Bertz CT molecular complexity index is 932. The molecule has 4 heterocycles. The Morgan fingerprint density at radius 3 is 2.32 bits per heavy atom. The number of nitrogens with zero attached hydrogens (tertiary/aromatic N) is 1. The topological polar surface area (TPSA) is 59.8 Å². The van der Waals surface area contributed by atoms with E-state index in [1.54, 1.807) is 12.1 Å². The number of rotatable bonds is 1. The van der Waals surface area contributed by atoms with Crippen molar-refractivity contribution in [3.8, 4) is 0 Å².